The first-order valence-corrected chi connectivity index (χ1v) is 11.5. The first kappa shape index (κ1) is 20.2. The van der Waals surface area contributed by atoms with Crippen LogP contribution in [0.5, 0.6) is 0 Å². The summed E-state index contributed by atoms with van der Waals surface area (Å²) in [4.78, 5) is 15.8. The average molecular weight is 411 g/mol. The van der Waals surface area contributed by atoms with Crippen LogP contribution in [0.15, 0.2) is 36.4 Å². The number of carbonyl (C=O) groups is 1. The van der Waals surface area contributed by atoms with E-state index in [4.69, 9.17) is 9.47 Å². The van der Waals surface area contributed by atoms with E-state index >= 15 is 0 Å². The van der Waals surface area contributed by atoms with Crippen LogP contribution in [0, 0.1) is 11.3 Å². The van der Waals surface area contributed by atoms with Gasteiger partial charge in [-0.15, -0.1) is 0 Å². The van der Waals surface area contributed by atoms with Gasteiger partial charge in [-0.1, -0.05) is 43.3 Å². The highest BCUT2D eigenvalue weighted by molar-refractivity contribution is 5.88. The van der Waals surface area contributed by atoms with E-state index in [0.717, 1.165) is 45.3 Å². The Morgan fingerprint density at radius 2 is 2.07 bits per heavy atom. The van der Waals surface area contributed by atoms with Crippen molar-refractivity contribution >= 4 is 11.5 Å². The number of hydrogen-bond donors (Lipinski definition) is 1. The minimum Gasteiger partial charge on any atom is -0.379 e. The second-order valence-electron chi connectivity index (χ2n) is 9.62. The lowest BCUT2D eigenvalue weighted by atomic mass is 9.73. The maximum Gasteiger partial charge on any atom is 0.229 e. The molecule has 1 aromatic carbocycles. The van der Waals surface area contributed by atoms with Crippen molar-refractivity contribution in [3.63, 3.8) is 0 Å². The normalized spacial score (nSPS) is 38.7. The summed E-state index contributed by atoms with van der Waals surface area (Å²) in [6.45, 7) is 4.52. The van der Waals surface area contributed by atoms with Gasteiger partial charge in [-0.3, -0.25) is 4.79 Å². The number of methoxy groups -OCH3 is 1. The molecule has 3 aliphatic heterocycles. The van der Waals surface area contributed by atoms with Crippen molar-refractivity contribution in [1.29, 1.82) is 0 Å². The molecule has 6 atom stereocenters. The van der Waals surface area contributed by atoms with Crippen LogP contribution in [0.2, 0.25) is 0 Å². The summed E-state index contributed by atoms with van der Waals surface area (Å²) in [5.41, 5.74) is 2.50. The van der Waals surface area contributed by atoms with Gasteiger partial charge in [0, 0.05) is 38.4 Å². The number of carbonyl (C=O) groups excluding carboxylic acids is 1. The first-order chi connectivity index (χ1) is 14.6. The molecule has 162 valence electrons. The smallest absolute Gasteiger partial charge is 0.229 e. The fourth-order valence-electron chi connectivity index (χ4n) is 6.44. The molecule has 5 nitrogen and oxygen atoms in total. The lowest BCUT2D eigenvalue weighted by Gasteiger charge is -2.34. The van der Waals surface area contributed by atoms with Crippen LogP contribution in [0.25, 0.3) is 5.57 Å². The van der Waals surface area contributed by atoms with Gasteiger partial charge in [0.1, 0.15) is 0 Å². The minimum absolute atomic E-state index is 0.107. The molecule has 1 aliphatic carbocycles. The zero-order valence-corrected chi connectivity index (χ0v) is 18.2. The molecule has 1 N–H and O–H groups in total. The summed E-state index contributed by atoms with van der Waals surface area (Å²) in [5, 5.41) is 3.84. The van der Waals surface area contributed by atoms with E-state index in [9.17, 15) is 4.79 Å². The molecule has 5 rings (SSSR count). The number of amides is 1. The van der Waals surface area contributed by atoms with Crippen molar-refractivity contribution < 1.29 is 14.3 Å². The molecule has 2 saturated heterocycles. The molecular weight excluding hydrogens is 376 g/mol. The largest absolute Gasteiger partial charge is 0.379 e. The van der Waals surface area contributed by atoms with Gasteiger partial charge in [-0.2, -0.15) is 0 Å². The third kappa shape index (κ3) is 3.31. The summed E-state index contributed by atoms with van der Waals surface area (Å²) in [6.07, 6.45) is 7.35. The molecule has 1 amide bonds. The molecule has 5 heteroatoms. The molecular formula is C25H34N2O3. The first-order valence-electron chi connectivity index (χ1n) is 11.5. The zero-order valence-electron chi connectivity index (χ0n) is 18.2. The zero-order chi connectivity index (χ0) is 20.7. The van der Waals surface area contributed by atoms with E-state index < -0.39 is 0 Å². The Morgan fingerprint density at radius 3 is 2.87 bits per heavy atom. The van der Waals surface area contributed by atoms with E-state index in [0.29, 0.717) is 36.6 Å². The van der Waals surface area contributed by atoms with Crippen LogP contribution in [0.3, 0.4) is 0 Å². The number of ether oxygens (including phenoxy) is 2. The van der Waals surface area contributed by atoms with Crippen LogP contribution in [0.4, 0.5) is 0 Å². The maximum absolute atomic E-state index is 13.6. The topological polar surface area (TPSA) is 50.8 Å². The van der Waals surface area contributed by atoms with Gasteiger partial charge >= 0.3 is 0 Å². The van der Waals surface area contributed by atoms with E-state index in [1.165, 1.54) is 11.1 Å². The van der Waals surface area contributed by atoms with Crippen LogP contribution in [-0.2, 0) is 14.3 Å². The number of nitrogens with one attached hydrogen (secondary N) is 1. The molecule has 1 saturated carbocycles. The quantitative estimate of drug-likeness (QED) is 0.828. The van der Waals surface area contributed by atoms with E-state index in [-0.39, 0.29) is 11.5 Å². The SMILES string of the molecule is COC1COCCC1NC1CC[C@@]2(C1)C(=O)N1CC=C(c3ccccc3)CC1C2C. The molecule has 1 spiro atoms. The van der Waals surface area contributed by atoms with Crippen molar-refractivity contribution in [2.45, 2.75) is 63.3 Å². The Bertz CT molecular complexity index is 810. The molecule has 4 aliphatic rings. The van der Waals surface area contributed by atoms with Crippen molar-refractivity contribution in [1.82, 2.24) is 10.2 Å². The van der Waals surface area contributed by atoms with Gasteiger partial charge in [0.2, 0.25) is 5.91 Å². The Kier molecular flexibility index (Phi) is 5.46. The van der Waals surface area contributed by atoms with Crippen LogP contribution in [0.1, 0.15) is 44.6 Å². The molecule has 3 fully saturated rings. The number of nitrogens with zero attached hydrogens (tertiary/aromatic N) is 1. The second kappa shape index (κ2) is 8.10. The highest BCUT2D eigenvalue weighted by atomic mass is 16.5. The Labute approximate surface area is 179 Å². The third-order valence-electron chi connectivity index (χ3n) is 8.25. The van der Waals surface area contributed by atoms with E-state index in [2.05, 4.69) is 53.5 Å². The third-order valence-corrected chi connectivity index (χ3v) is 8.25. The van der Waals surface area contributed by atoms with Gasteiger partial charge in [0.15, 0.2) is 0 Å². The van der Waals surface area contributed by atoms with E-state index in [1.807, 2.05) is 0 Å². The predicted octanol–water partition coefficient (Wildman–Crippen LogP) is 3.25. The Balaban J connectivity index is 1.29. The van der Waals surface area contributed by atoms with Crippen LogP contribution in [-0.4, -0.2) is 61.9 Å². The monoisotopic (exact) mass is 410 g/mol. The number of rotatable bonds is 4. The van der Waals surface area contributed by atoms with Gasteiger partial charge in [-0.05, 0) is 49.2 Å². The summed E-state index contributed by atoms with van der Waals surface area (Å²) < 4.78 is 11.2. The number of fused-ring (bicyclic) bond motifs is 1. The highest BCUT2D eigenvalue weighted by Crippen LogP contribution is 2.54. The standard InChI is InChI=1S/C25H34N2O3/c1-17-22-14-19(18-6-4-3-5-7-18)9-12-27(22)24(28)25(17)11-8-20(15-25)26-21-10-13-30-16-23(21)29-2/h3-7,9,17,20-23,26H,8,10-16H2,1-2H3/t17?,20?,21?,22?,23?,25-/m0/s1. The van der Waals surface area contributed by atoms with Crippen molar-refractivity contribution in [3.8, 4) is 0 Å². The number of hydrogen-bond acceptors (Lipinski definition) is 4. The summed E-state index contributed by atoms with van der Waals surface area (Å²) in [6, 6.07) is 11.7. The van der Waals surface area contributed by atoms with Crippen molar-refractivity contribution in [3.05, 3.63) is 42.0 Å². The molecule has 0 bridgehead atoms. The Morgan fingerprint density at radius 1 is 1.23 bits per heavy atom. The van der Waals surface area contributed by atoms with E-state index in [1.54, 1.807) is 7.11 Å². The van der Waals surface area contributed by atoms with Crippen molar-refractivity contribution in [2.75, 3.05) is 26.9 Å². The number of benzene rings is 1. The van der Waals surface area contributed by atoms with Gasteiger partial charge in [0.25, 0.3) is 0 Å². The molecule has 1 aromatic rings. The van der Waals surface area contributed by atoms with Gasteiger partial charge < -0.3 is 19.7 Å². The summed E-state index contributed by atoms with van der Waals surface area (Å²) in [5.74, 6) is 0.778. The predicted molar refractivity (Wildman–Crippen MR) is 117 cm³/mol. The molecule has 0 aromatic heterocycles. The summed E-state index contributed by atoms with van der Waals surface area (Å²) >= 11 is 0. The molecule has 30 heavy (non-hydrogen) atoms. The Hall–Kier alpha value is -1.69. The molecule has 0 radical (unpaired) electrons. The van der Waals surface area contributed by atoms with Crippen LogP contribution >= 0.6 is 0 Å². The fourth-order valence-corrected chi connectivity index (χ4v) is 6.44. The fraction of sp³-hybridized carbons (Fsp3) is 0.640. The minimum atomic E-state index is -0.198. The molecule has 5 unspecified atom stereocenters. The average Bonchev–Trinajstić information content (AvgIpc) is 3.31. The second-order valence-corrected chi connectivity index (χ2v) is 9.62. The van der Waals surface area contributed by atoms with Gasteiger partial charge in [-0.25, -0.2) is 0 Å². The lowest BCUT2D eigenvalue weighted by Crippen LogP contribution is -2.51. The van der Waals surface area contributed by atoms with Crippen molar-refractivity contribution in [2.24, 2.45) is 11.3 Å². The highest BCUT2D eigenvalue weighted by Gasteiger charge is 2.60. The summed E-state index contributed by atoms with van der Waals surface area (Å²) in [7, 11) is 1.77. The lowest BCUT2D eigenvalue weighted by molar-refractivity contribution is -0.136. The maximum atomic E-state index is 13.6. The molecule has 3 heterocycles. The van der Waals surface area contributed by atoms with Crippen LogP contribution < -0.4 is 5.32 Å². The van der Waals surface area contributed by atoms with Gasteiger partial charge in [0.05, 0.1) is 18.1 Å².